The van der Waals surface area contributed by atoms with E-state index in [4.69, 9.17) is 4.74 Å². The zero-order valence-electron chi connectivity index (χ0n) is 18.4. The number of hydrogen-bond acceptors (Lipinski definition) is 4. The van der Waals surface area contributed by atoms with Gasteiger partial charge in [-0.05, 0) is 44.7 Å². The highest BCUT2D eigenvalue weighted by molar-refractivity contribution is 5.88. The standard InChI is InChI=1S/C24H34N2O2/c1-8-19(9-2)26-13-21(27)18(6)23-20(26)12-25(7)14-22(23)28-24-16(4)10-15(3)11-17(24)5/h10-12,18-19H,8-9,13-14H2,1-7H3. The van der Waals surface area contributed by atoms with Crippen LogP contribution in [0.3, 0.4) is 0 Å². The minimum atomic E-state index is -0.133. The molecule has 0 bridgehead atoms. The summed E-state index contributed by atoms with van der Waals surface area (Å²) in [5.74, 6) is 1.97. The van der Waals surface area contributed by atoms with Crippen molar-refractivity contribution in [3.63, 3.8) is 0 Å². The Labute approximate surface area is 169 Å². The summed E-state index contributed by atoms with van der Waals surface area (Å²) in [5, 5.41) is 0. The van der Waals surface area contributed by atoms with Crippen molar-refractivity contribution in [2.24, 2.45) is 5.92 Å². The number of allylic oxidation sites excluding steroid dienone is 1. The molecule has 1 atom stereocenters. The molecule has 4 heteroatoms. The molecular weight excluding hydrogens is 348 g/mol. The Kier molecular flexibility index (Phi) is 5.87. The van der Waals surface area contributed by atoms with Gasteiger partial charge in [0.05, 0.1) is 18.8 Å². The molecule has 4 nitrogen and oxygen atoms in total. The van der Waals surface area contributed by atoms with E-state index < -0.39 is 0 Å². The lowest BCUT2D eigenvalue weighted by atomic mass is 9.85. The van der Waals surface area contributed by atoms with Crippen molar-refractivity contribution in [1.82, 2.24) is 9.80 Å². The van der Waals surface area contributed by atoms with E-state index >= 15 is 0 Å². The molecule has 0 N–H and O–H groups in total. The molecule has 1 saturated heterocycles. The number of likely N-dealkylation sites (tertiary alicyclic amines) is 1. The number of ketones is 1. The SMILES string of the molecule is CCC(CC)N1CC(=O)C(C)C2=C(Oc3c(C)cc(C)cc3C)CN(C)C=C21. The van der Waals surface area contributed by atoms with Crippen LogP contribution in [-0.4, -0.2) is 41.8 Å². The first-order chi connectivity index (χ1) is 13.3. The monoisotopic (exact) mass is 382 g/mol. The molecule has 152 valence electrons. The van der Waals surface area contributed by atoms with Crippen molar-refractivity contribution < 1.29 is 9.53 Å². The van der Waals surface area contributed by atoms with Crippen LogP contribution in [0.2, 0.25) is 0 Å². The number of carbonyl (C=O) groups excluding carboxylic acids is 1. The summed E-state index contributed by atoms with van der Waals surface area (Å²) in [6, 6.07) is 4.68. The van der Waals surface area contributed by atoms with E-state index in [1.807, 2.05) is 6.92 Å². The molecule has 1 unspecified atom stereocenters. The van der Waals surface area contributed by atoms with Crippen molar-refractivity contribution in [2.75, 3.05) is 20.1 Å². The van der Waals surface area contributed by atoms with E-state index in [1.54, 1.807) is 0 Å². The van der Waals surface area contributed by atoms with Crippen LogP contribution in [0.1, 0.15) is 50.3 Å². The quantitative estimate of drug-likeness (QED) is 0.736. The summed E-state index contributed by atoms with van der Waals surface area (Å²) in [6.07, 6.45) is 4.25. The number of benzene rings is 1. The third kappa shape index (κ3) is 3.69. The van der Waals surface area contributed by atoms with Crippen LogP contribution in [0, 0.1) is 26.7 Å². The molecule has 2 aliphatic rings. The van der Waals surface area contributed by atoms with Gasteiger partial charge in [0.25, 0.3) is 0 Å². The number of Topliss-reactive ketones (excluding diaryl/α,β-unsaturated/α-hetero) is 1. The van der Waals surface area contributed by atoms with E-state index in [2.05, 4.69) is 69.8 Å². The maximum absolute atomic E-state index is 12.9. The first kappa shape index (κ1) is 20.5. The van der Waals surface area contributed by atoms with Gasteiger partial charge >= 0.3 is 0 Å². The van der Waals surface area contributed by atoms with E-state index in [1.165, 1.54) is 5.56 Å². The molecule has 1 aromatic rings. The third-order valence-corrected chi connectivity index (χ3v) is 6.08. The molecule has 2 aliphatic heterocycles. The first-order valence-corrected chi connectivity index (χ1v) is 10.5. The number of fused-ring (bicyclic) bond motifs is 1. The van der Waals surface area contributed by atoms with Gasteiger partial charge in [-0.2, -0.15) is 0 Å². The van der Waals surface area contributed by atoms with Gasteiger partial charge in [-0.1, -0.05) is 38.5 Å². The van der Waals surface area contributed by atoms with Gasteiger partial charge in [0.2, 0.25) is 0 Å². The Morgan fingerprint density at radius 1 is 1.11 bits per heavy atom. The molecular formula is C24H34N2O2. The molecule has 3 rings (SSSR count). The lowest BCUT2D eigenvalue weighted by Gasteiger charge is -2.44. The van der Waals surface area contributed by atoms with E-state index in [-0.39, 0.29) is 11.7 Å². The summed E-state index contributed by atoms with van der Waals surface area (Å²) in [5.41, 5.74) is 5.74. The molecule has 2 heterocycles. The Hall–Kier alpha value is -2.23. The summed E-state index contributed by atoms with van der Waals surface area (Å²) in [4.78, 5) is 17.4. The number of hydrogen-bond donors (Lipinski definition) is 0. The number of piperidine rings is 1. The Morgan fingerprint density at radius 3 is 2.29 bits per heavy atom. The van der Waals surface area contributed by atoms with Gasteiger partial charge in [0.15, 0.2) is 5.78 Å². The van der Waals surface area contributed by atoms with Gasteiger partial charge in [-0.15, -0.1) is 0 Å². The largest absolute Gasteiger partial charge is 0.459 e. The van der Waals surface area contributed by atoms with Crippen LogP contribution in [0.15, 0.2) is 35.4 Å². The molecule has 28 heavy (non-hydrogen) atoms. The van der Waals surface area contributed by atoms with Crippen molar-refractivity contribution in [1.29, 1.82) is 0 Å². The minimum absolute atomic E-state index is 0.133. The van der Waals surface area contributed by atoms with E-state index in [0.717, 1.165) is 46.7 Å². The fourth-order valence-electron chi connectivity index (χ4n) is 4.62. The highest BCUT2D eigenvalue weighted by Gasteiger charge is 2.39. The number of likely N-dealkylation sites (N-methyl/N-ethyl adjacent to an activating group) is 1. The van der Waals surface area contributed by atoms with Crippen LogP contribution in [0.25, 0.3) is 0 Å². The lowest BCUT2D eigenvalue weighted by molar-refractivity contribution is -0.124. The van der Waals surface area contributed by atoms with Gasteiger partial charge in [-0.25, -0.2) is 0 Å². The van der Waals surface area contributed by atoms with Crippen molar-refractivity contribution >= 4 is 5.78 Å². The van der Waals surface area contributed by atoms with Gasteiger partial charge < -0.3 is 14.5 Å². The molecule has 0 aromatic heterocycles. The predicted octanol–water partition coefficient (Wildman–Crippen LogP) is 4.74. The lowest BCUT2D eigenvalue weighted by Crippen LogP contribution is -2.48. The number of nitrogens with zero attached hydrogens (tertiary/aromatic N) is 2. The van der Waals surface area contributed by atoms with Crippen LogP contribution in [0.4, 0.5) is 0 Å². The molecule has 0 amide bonds. The number of rotatable bonds is 5. The summed E-state index contributed by atoms with van der Waals surface area (Å²) in [6.45, 7) is 13.9. The van der Waals surface area contributed by atoms with Crippen molar-refractivity contribution in [2.45, 2.75) is 60.4 Å². The predicted molar refractivity (Wildman–Crippen MR) is 114 cm³/mol. The Bertz CT molecular complexity index is 810. The number of carbonyl (C=O) groups is 1. The molecule has 0 aliphatic carbocycles. The summed E-state index contributed by atoms with van der Waals surface area (Å²) in [7, 11) is 2.08. The molecule has 0 saturated carbocycles. The molecule has 0 radical (unpaired) electrons. The molecule has 0 spiro atoms. The minimum Gasteiger partial charge on any atom is -0.459 e. The summed E-state index contributed by atoms with van der Waals surface area (Å²) < 4.78 is 6.54. The average Bonchev–Trinajstić information content (AvgIpc) is 2.62. The summed E-state index contributed by atoms with van der Waals surface area (Å²) >= 11 is 0. The molecule has 1 aromatic carbocycles. The Balaban J connectivity index is 2.09. The Morgan fingerprint density at radius 2 is 1.71 bits per heavy atom. The number of ether oxygens (including phenoxy) is 1. The second-order valence-electron chi connectivity index (χ2n) is 8.38. The van der Waals surface area contributed by atoms with Gasteiger partial charge in [-0.3, -0.25) is 4.79 Å². The number of aryl methyl sites for hydroxylation is 3. The highest BCUT2D eigenvalue weighted by atomic mass is 16.5. The fourth-order valence-corrected chi connectivity index (χ4v) is 4.62. The second kappa shape index (κ2) is 8.02. The maximum Gasteiger partial charge on any atom is 0.159 e. The third-order valence-electron chi connectivity index (χ3n) is 6.08. The zero-order valence-corrected chi connectivity index (χ0v) is 18.4. The van der Waals surface area contributed by atoms with E-state index in [9.17, 15) is 4.79 Å². The van der Waals surface area contributed by atoms with Gasteiger partial charge in [0, 0.05) is 30.8 Å². The smallest absolute Gasteiger partial charge is 0.159 e. The normalized spacial score (nSPS) is 19.9. The molecule has 1 fully saturated rings. The topological polar surface area (TPSA) is 32.8 Å². The van der Waals surface area contributed by atoms with Crippen LogP contribution < -0.4 is 4.74 Å². The van der Waals surface area contributed by atoms with Crippen molar-refractivity contribution in [3.05, 3.63) is 52.1 Å². The maximum atomic E-state index is 12.9. The van der Waals surface area contributed by atoms with Crippen LogP contribution >= 0.6 is 0 Å². The highest BCUT2D eigenvalue weighted by Crippen LogP contribution is 2.39. The van der Waals surface area contributed by atoms with Crippen LogP contribution in [-0.2, 0) is 4.79 Å². The zero-order chi connectivity index (χ0) is 20.6. The van der Waals surface area contributed by atoms with Crippen molar-refractivity contribution in [3.8, 4) is 5.75 Å². The van der Waals surface area contributed by atoms with Gasteiger partial charge in [0.1, 0.15) is 11.5 Å². The first-order valence-electron chi connectivity index (χ1n) is 10.5. The second-order valence-corrected chi connectivity index (χ2v) is 8.38. The van der Waals surface area contributed by atoms with Crippen LogP contribution in [0.5, 0.6) is 5.75 Å². The fraction of sp³-hybridized carbons (Fsp3) is 0.542. The van der Waals surface area contributed by atoms with E-state index in [0.29, 0.717) is 19.1 Å². The average molecular weight is 383 g/mol.